The maximum atomic E-state index is 5.82. The van der Waals surface area contributed by atoms with Crippen LogP contribution in [0.25, 0.3) is 21.5 Å². The first-order chi connectivity index (χ1) is 8.95. The summed E-state index contributed by atoms with van der Waals surface area (Å²) >= 11 is 0. The smallest absolute Gasteiger partial charge is 0.169 e. The average Bonchev–Trinajstić information content (AvgIpc) is 2.48. The second kappa shape index (κ2) is 3.64. The Morgan fingerprint density at radius 2 is 0.944 bits per heavy atom. The van der Waals surface area contributed by atoms with Gasteiger partial charge in [0.2, 0.25) is 0 Å². The topological polar surface area (TPSA) is 18.5 Å². The lowest BCUT2D eigenvalue weighted by atomic mass is 10.00. The van der Waals surface area contributed by atoms with E-state index < -0.39 is 0 Å². The molecule has 88 valence electrons. The normalized spacial score (nSPS) is 14.0. The van der Waals surface area contributed by atoms with Gasteiger partial charge in [-0.15, -0.1) is 0 Å². The first-order valence-electron chi connectivity index (χ1n) is 6.14. The maximum absolute atomic E-state index is 5.82. The van der Waals surface area contributed by atoms with Crippen molar-refractivity contribution in [2.75, 3.05) is 13.2 Å². The van der Waals surface area contributed by atoms with Gasteiger partial charge in [0.1, 0.15) is 13.2 Å². The van der Waals surface area contributed by atoms with Crippen LogP contribution in [0.2, 0.25) is 0 Å². The van der Waals surface area contributed by atoms with E-state index in [2.05, 4.69) is 36.4 Å². The van der Waals surface area contributed by atoms with Gasteiger partial charge in [0, 0.05) is 10.8 Å². The van der Waals surface area contributed by atoms with E-state index in [0.29, 0.717) is 13.2 Å². The van der Waals surface area contributed by atoms with Crippen molar-refractivity contribution in [2.45, 2.75) is 0 Å². The number of ether oxygens (including phenoxy) is 2. The van der Waals surface area contributed by atoms with Gasteiger partial charge in [-0.1, -0.05) is 48.5 Å². The first-order valence-corrected chi connectivity index (χ1v) is 6.14. The van der Waals surface area contributed by atoms with Crippen LogP contribution in [-0.4, -0.2) is 13.2 Å². The van der Waals surface area contributed by atoms with E-state index >= 15 is 0 Å². The van der Waals surface area contributed by atoms with E-state index in [9.17, 15) is 0 Å². The maximum Gasteiger partial charge on any atom is 0.169 e. The number of benzene rings is 3. The highest BCUT2D eigenvalue weighted by molar-refractivity contribution is 6.13. The Kier molecular flexibility index (Phi) is 1.97. The van der Waals surface area contributed by atoms with Crippen LogP contribution in [0.1, 0.15) is 0 Å². The Morgan fingerprint density at radius 3 is 1.39 bits per heavy atom. The summed E-state index contributed by atoms with van der Waals surface area (Å²) in [7, 11) is 0. The molecule has 0 aliphatic carbocycles. The monoisotopic (exact) mass is 236 g/mol. The molecule has 4 rings (SSSR count). The van der Waals surface area contributed by atoms with Crippen LogP contribution in [0.15, 0.2) is 48.5 Å². The molecule has 0 aromatic heterocycles. The highest BCUT2D eigenvalue weighted by Crippen LogP contribution is 2.44. The quantitative estimate of drug-likeness (QED) is 0.553. The van der Waals surface area contributed by atoms with E-state index in [1.165, 1.54) is 10.8 Å². The minimum absolute atomic E-state index is 0.620. The van der Waals surface area contributed by atoms with Crippen LogP contribution >= 0.6 is 0 Å². The molecule has 18 heavy (non-hydrogen) atoms. The zero-order valence-corrected chi connectivity index (χ0v) is 9.85. The van der Waals surface area contributed by atoms with Crippen LogP contribution in [-0.2, 0) is 0 Å². The molecule has 0 fully saturated rings. The second-order valence-corrected chi connectivity index (χ2v) is 4.45. The number of hydrogen-bond acceptors (Lipinski definition) is 2. The van der Waals surface area contributed by atoms with Crippen molar-refractivity contribution in [3.8, 4) is 11.5 Å². The van der Waals surface area contributed by atoms with Crippen LogP contribution in [0.3, 0.4) is 0 Å². The molecular weight excluding hydrogens is 224 g/mol. The molecule has 2 heteroatoms. The second-order valence-electron chi connectivity index (χ2n) is 4.45. The fourth-order valence-corrected chi connectivity index (χ4v) is 2.65. The van der Waals surface area contributed by atoms with Crippen LogP contribution in [0.5, 0.6) is 11.5 Å². The number of fused-ring (bicyclic) bond motifs is 6. The zero-order valence-electron chi connectivity index (χ0n) is 9.85. The fourth-order valence-electron chi connectivity index (χ4n) is 2.65. The molecule has 0 spiro atoms. The lowest BCUT2D eigenvalue weighted by Crippen LogP contribution is -2.15. The summed E-state index contributed by atoms with van der Waals surface area (Å²) in [5, 5.41) is 4.70. The minimum Gasteiger partial charge on any atom is -0.485 e. The molecule has 0 bridgehead atoms. The van der Waals surface area contributed by atoms with Gasteiger partial charge in [0.05, 0.1) is 0 Å². The van der Waals surface area contributed by atoms with E-state index in [1.807, 2.05) is 12.1 Å². The predicted molar refractivity (Wildman–Crippen MR) is 72.4 cm³/mol. The molecule has 1 heterocycles. The Hall–Kier alpha value is -2.22. The van der Waals surface area contributed by atoms with E-state index in [-0.39, 0.29) is 0 Å². The Morgan fingerprint density at radius 1 is 0.556 bits per heavy atom. The molecule has 0 atom stereocenters. The summed E-state index contributed by atoms with van der Waals surface area (Å²) in [5.74, 6) is 1.77. The van der Waals surface area contributed by atoms with E-state index in [0.717, 1.165) is 22.3 Å². The molecule has 3 aromatic rings. The average molecular weight is 236 g/mol. The number of rotatable bonds is 0. The Labute approximate surface area is 105 Å². The fraction of sp³-hybridized carbons (Fsp3) is 0.125. The molecule has 2 nitrogen and oxygen atoms in total. The summed E-state index contributed by atoms with van der Waals surface area (Å²) in [4.78, 5) is 0. The molecule has 3 aromatic carbocycles. The summed E-state index contributed by atoms with van der Waals surface area (Å²) < 4.78 is 11.6. The SMILES string of the molecule is c1ccc2c(c1)c1c(c3ccccc32)OCCO1. The van der Waals surface area contributed by atoms with Crippen LogP contribution in [0.4, 0.5) is 0 Å². The highest BCUT2D eigenvalue weighted by atomic mass is 16.6. The van der Waals surface area contributed by atoms with Crippen molar-refractivity contribution >= 4 is 21.5 Å². The van der Waals surface area contributed by atoms with Crippen molar-refractivity contribution in [3.05, 3.63) is 48.5 Å². The first kappa shape index (κ1) is 9.77. The molecule has 0 saturated carbocycles. The summed E-state index contributed by atoms with van der Waals surface area (Å²) in [5.41, 5.74) is 0. The van der Waals surface area contributed by atoms with Gasteiger partial charge < -0.3 is 9.47 Å². The molecule has 0 unspecified atom stereocenters. The van der Waals surface area contributed by atoms with Gasteiger partial charge in [0.15, 0.2) is 11.5 Å². The zero-order chi connectivity index (χ0) is 11.9. The summed E-state index contributed by atoms with van der Waals surface area (Å²) in [6, 6.07) is 16.6. The van der Waals surface area contributed by atoms with Crippen molar-refractivity contribution < 1.29 is 9.47 Å². The summed E-state index contributed by atoms with van der Waals surface area (Å²) in [6.45, 7) is 1.24. The minimum atomic E-state index is 0.620. The Balaban J connectivity index is 2.28. The van der Waals surface area contributed by atoms with Crippen molar-refractivity contribution in [1.29, 1.82) is 0 Å². The lowest BCUT2D eigenvalue weighted by Gasteiger charge is -2.22. The van der Waals surface area contributed by atoms with Crippen molar-refractivity contribution in [1.82, 2.24) is 0 Å². The standard InChI is InChI=1S/C16H12O2/c1-3-7-13-11(5-1)12-6-2-4-8-14(12)16-15(13)17-9-10-18-16/h1-8H,9-10H2. The molecule has 1 aliphatic heterocycles. The third-order valence-corrected chi connectivity index (χ3v) is 3.42. The highest BCUT2D eigenvalue weighted by Gasteiger charge is 2.19. The molecule has 1 aliphatic rings. The third-order valence-electron chi connectivity index (χ3n) is 3.42. The van der Waals surface area contributed by atoms with Crippen LogP contribution < -0.4 is 9.47 Å². The molecular formula is C16H12O2. The van der Waals surface area contributed by atoms with Gasteiger partial charge in [-0.25, -0.2) is 0 Å². The van der Waals surface area contributed by atoms with Gasteiger partial charge in [-0.2, -0.15) is 0 Å². The molecule has 0 radical (unpaired) electrons. The number of hydrogen-bond donors (Lipinski definition) is 0. The van der Waals surface area contributed by atoms with Crippen LogP contribution in [0, 0.1) is 0 Å². The van der Waals surface area contributed by atoms with Gasteiger partial charge in [0.25, 0.3) is 0 Å². The van der Waals surface area contributed by atoms with E-state index in [1.54, 1.807) is 0 Å². The van der Waals surface area contributed by atoms with Crippen molar-refractivity contribution in [2.24, 2.45) is 0 Å². The predicted octanol–water partition coefficient (Wildman–Crippen LogP) is 3.76. The summed E-state index contributed by atoms with van der Waals surface area (Å²) in [6.07, 6.45) is 0. The van der Waals surface area contributed by atoms with Gasteiger partial charge in [-0.3, -0.25) is 0 Å². The lowest BCUT2D eigenvalue weighted by molar-refractivity contribution is 0.176. The molecule has 0 amide bonds. The van der Waals surface area contributed by atoms with E-state index in [4.69, 9.17) is 9.47 Å². The van der Waals surface area contributed by atoms with Crippen molar-refractivity contribution in [3.63, 3.8) is 0 Å². The molecule has 0 saturated heterocycles. The van der Waals surface area contributed by atoms with Gasteiger partial charge >= 0.3 is 0 Å². The molecule has 0 N–H and O–H groups in total. The Bertz CT molecular complexity index is 682. The van der Waals surface area contributed by atoms with Gasteiger partial charge in [-0.05, 0) is 10.8 Å². The third kappa shape index (κ3) is 1.23. The largest absolute Gasteiger partial charge is 0.485 e.